The molecule has 0 aliphatic carbocycles. The molecule has 0 spiro atoms. The Morgan fingerprint density at radius 1 is 0.520 bits per heavy atom. The molecule has 6 aromatic rings. The summed E-state index contributed by atoms with van der Waals surface area (Å²) in [7, 11) is -12.3. The van der Waals surface area contributed by atoms with Crippen molar-refractivity contribution in [2.75, 3.05) is 5.32 Å². The molecule has 254 valence electrons. The van der Waals surface area contributed by atoms with Gasteiger partial charge in [-0.1, -0.05) is 36.4 Å². The largest absolute Gasteiger partial charge is 0.505 e. The van der Waals surface area contributed by atoms with Crippen molar-refractivity contribution in [1.82, 2.24) is 0 Å². The van der Waals surface area contributed by atoms with Crippen LogP contribution >= 0.6 is 0 Å². The molecule has 6 rings (SSSR count). The molecule has 0 aromatic heterocycles. The number of hydrogen-bond donors (Lipinski definition) is 4. The van der Waals surface area contributed by atoms with Crippen LogP contribution in [0, 0.1) is 0 Å². The summed E-state index contributed by atoms with van der Waals surface area (Å²) in [6.45, 7) is 0. The van der Waals surface area contributed by atoms with Gasteiger partial charge in [-0.3, -0.25) is 9.11 Å². The van der Waals surface area contributed by atoms with Crippen molar-refractivity contribution < 1.29 is 43.7 Å². The average molecular weight is 734 g/mol. The molecule has 0 aliphatic heterocycles. The second-order valence-corrected chi connectivity index (χ2v) is 13.4. The molecule has 0 bridgehead atoms. The Labute approximate surface area is 285 Å². The van der Waals surface area contributed by atoms with E-state index >= 15 is 0 Å². The van der Waals surface area contributed by atoms with Gasteiger partial charge in [-0.2, -0.15) is 32.2 Å². The van der Waals surface area contributed by atoms with Crippen LogP contribution in [-0.2, 0) is 30.8 Å². The number of fused-ring (bicyclic) bond motifs is 2. The second-order valence-electron chi connectivity index (χ2n) is 10.2. The fourth-order valence-corrected chi connectivity index (χ4v) is 6.10. The number of azo groups is 2. The number of rotatable bonds is 8. The number of phenolic OH excluding ortho intramolecular Hbond substituents is 1. The van der Waals surface area contributed by atoms with Crippen LogP contribution in [0.2, 0.25) is 0 Å². The smallest absolute Gasteiger partial charge is 0.425 e. The lowest BCUT2D eigenvalue weighted by atomic mass is 10.1. The van der Waals surface area contributed by atoms with Gasteiger partial charge in [0.05, 0.1) is 17.1 Å². The third-order valence-electron chi connectivity index (χ3n) is 6.89. The topological polar surface area (TPSA) is 242 Å². The van der Waals surface area contributed by atoms with Gasteiger partial charge in [0.15, 0.2) is 5.75 Å². The summed E-state index contributed by atoms with van der Waals surface area (Å²) >= 11 is 0. The summed E-state index contributed by atoms with van der Waals surface area (Å²) < 4.78 is 92.9. The van der Waals surface area contributed by atoms with E-state index < -0.39 is 47.2 Å². The summed E-state index contributed by atoms with van der Waals surface area (Å²) in [6, 6.07) is 31.0. The Morgan fingerprint density at radius 2 is 1.10 bits per heavy atom. The van der Waals surface area contributed by atoms with Crippen LogP contribution in [0.25, 0.3) is 21.5 Å². The van der Waals surface area contributed by atoms with E-state index in [1.807, 2.05) is 30.3 Å². The van der Waals surface area contributed by atoms with Gasteiger partial charge in [0.2, 0.25) is 0 Å². The highest BCUT2D eigenvalue weighted by molar-refractivity contribution is 7.86. The van der Waals surface area contributed by atoms with Gasteiger partial charge in [0.1, 0.15) is 15.5 Å². The molecule has 0 saturated carbocycles. The molecule has 0 unspecified atom stereocenters. The molecule has 18 heteroatoms. The highest BCUT2D eigenvalue weighted by Crippen LogP contribution is 2.42. The first kappa shape index (κ1) is 35.4. The minimum absolute atomic E-state index is 0.240. The zero-order chi connectivity index (χ0) is 36.1. The van der Waals surface area contributed by atoms with Crippen LogP contribution in [-0.4, -0.2) is 43.7 Å². The van der Waals surface area contributed by atoms with Crippen molar-refractivity contribution in [3.8, 4) is 5.75 Å². The average Bonchev–Trinajstić information content (AvgIpc) is 3.06. The first-order valence-corrected chi connectivity index (χ1v) is 17.9. The van der Waals surface area contributed by atoms with Crippen LogP contribution < -0.4 is 5.32 Å². The molecule has 4 N–H and O–H groups in total. The van der Waals surface area contributed by atoms with Crippen molar-refractivity contribution in [3.63, 3.8) is 0 Å². The molecular formula is C32H23N5O10S3. The fraction of sp³-hybridized carbons (Fsp3) is 0. The third kappa shape index (κ3) is 8.75. The maximum Gasteiger partial charge on any atom is 0.425 e. The van der Waals surface area contributed by atoms with E-state index in [-0.39, 0.29) is 10.6 Å². The van der Waals surface area contributed by atoms with Crippen molar-refractivity contribution in [3.05, 3.63) is 115 Å². The maximum atomic E-state index is 12.3. The van der Waals surface area contributed by atoms with Gasteiger partial charge in [-0.15, -0.1) is 17.7 Å². The Morgan fingerprint density at radius 3 is 1.72 bits per heavy atom. The van der Waals surface area contributed by atoms with Gasteiger partial charge in [-0.05, 0) is 89.6 Å². The molecule has 0 amide bonds. The van der Waals surface area contributed by atoms with Gasteiger partial charge < -0.3 is 10.4 Å². The fourth-order valence-electron chi connectivity index (χ4n) is 4.74. The van der Waals surface area contributed by atoms with E-state index in [1.165, 1.54) is 36.4 Å². The molecule has 0 aliphatic rings. The lowest BCUT2D eigenvalue weighted by molar-refractivity contribution is 0.472. The summed E-state index contributed by atoms with van der Waals surface area (Å²) in [5.41, 5.74) is 2.05. The molecule has 50 heavy (non-hydrogen) atoms. The third-order valence-corrected chi connectivity index (χ3v) is 8.67. The molecule has 0 radical (unpaired) electrons. The van der Waals surface area contributed by atoms with Crippen LogP contribution in [0.5, 0.6) is 5.75 Å². The predicted molar refractivity (Wildman–Crippen MR) is 183 cm³/mol. The molecule has 0 saturated heterocycles. The highest BCUT2D eigenvalue weighted by Gasteiger charge is 2.22. The summed E-state index contributed by atoms with van der Waals surface area (Å²) in [4.78, 5) is -0.854. The normalized spacial score (nSPS) is 11.9. The zero-order valence-corrected chi connectivity index (χ0v) is 27.6. The minimum Gasteiger partial charge on any atom is -0.505 e. The van der Waals surface area contributed by atoms with E-state index in [1.54, 1.807) is 48.5 Å². The number of aromatic hydroxyl groups is 1. The molecule has 6 aromatic carbocycles. The summed E-state index contributed by atoms with van der Waals surface area (Å²) in [5.74, 6) is -0.474. The van der Waals surface area contributed by atoms with Crippen molar-refractivity contribution >= 4 is 86.5 Å². The van der Waals surface area contributed by atoms with Gasteiger partial charge in [0, 0.05) is 22.1 Å². The SMILES string of the molecule is O=S(=O)(O)c1cc2cc(Nc3ccccc3)ccc2c(O)c1N=Nc1ccc(N=Nc2ccc3cccc(S(=O)(=O)O)c3c2)cc1.O=S(=O)=O. The van der Waals surface area contributed by atoms with Crippen molar-refractivity contribution in [2.45, 2.75) is 9.79 Å². The molecular weight excluding hydrogens is 711 g/mol. The Balaban J connectivity index is 0.00000115. The number of hydrogen-bond acceptors (Lipinski definition) is 13. The number of benzene rings is 6. The Bertz CT molecular complexity index is 2630. The van der Waals surface area contributed by atoms with Crippen LogP contribution in [0.1, 0.15) is 0 Å². The summed E-state index contributed by atoms with van der Waals surface area (Å²) in [5, 5.41) is 32.0. The predicted octanol–water partition coefficient (Wildman–Crippen LogP) is 7.76. The zero-order valence-electron chi connectivity index (χ0n) is 25.2. The van der Waals surface area contributed by atoms with E-state index in [4.69, 9.17) is 12.6 Å². The molecule has 15 nitrogen and oxygen atoms in total. The van der Waals surface area contributed by atoms with E-state index in [9.17, 15) is 31.0 Å². The standard InChI is InChI=1S/C32H23N5O7S2.O3S/c38-32-27-16-15-25(33-22-6-2-1-3-7-22)17-21(27)18-30(46(42,43)44)31(32)37-35-24-13-11-23(12-14-24)34-36-26-10-9-20-5-4-8-29(28(20)19-26)45(39,40)41;1-4(2)3/h1-19,33,38H,(H,39,40,41)(H,42,43,44);. The second kappa shape index (κ2) is 14.7. The maximum absolute atomic E-state index is 12.3. The van der Waals surface area contributed by atoms with E-state index in [2.05, 4.69) is 25.8 Å². The van der Waals surface area contributed by atoms with Gasteiger partial charge in [-0.25, -0.2) is 0 Å². The Hall–Kier alpha value is -5.92. The quantitative estimate of drug-likeness (QED) is 0.0870. The number of nitrogens with one attached hydrogen (secondary N) is 1. The number of para-hydroxylation sites is 1. The van der Waals surface area contributed by atoms with Gasteiger partial charge in [0.25, 0.3) is 20.2 Å². The Kier molecular flexibility index (Phi) is 10.4. The monoisotopic (exact) mass is 733 g/mol. The molecule has 0 heterocycles. The van der Waals surface area contributed by atoms with Crippen molar-refractivity contribution in [2.24, 2.45) is 20.5 Å². The molecule has 0 fully saturated rings. The lowest BCUT2D eigenvalue weighted by Crippen LogP contribution is -1.99. The lowest BCUT2D eigenvalue weighted by Gasteiger charge is -2.11. The summed E-state index contributed by atoms with van der Waals surface area (Å²) in [6.07, 6.45) is 0. The first-order chi connectivity index (χ1) is 23.7. The van der Waals surface area contributed by atoms with Crippen molar-refractivity contribution in [1.29, 1.82) is 0 Å². The number of phenols is 1. The van der Waals surface area contributed by atoms with Crippen LogP contribution in [0.15, 0.2) is 146 Å². The van der Waals surface area contributed by atoms with E-state index in [0.29, 0.717) is 38.6 Å². The van der Waals surface area contributed by atoms with Crippen LogP contribution in [0.3, 0.4) is 0 Å². The van der Waals surface area contributed by atoms with E-state index in [0.717, 1.165) is 5.69 Å². The minimum atomic E-state index is -4.80. The van der Waals surface area contributed by atoms with Gasteiger partial charge >= 0.3 is 10.6 Å². The number of anilines is 2. The first-order valence-electron chi connectivity index (χ1n) is 14.0. The highest BCUT2D eigenvalue weighted by atomic mass is 32.2. The number of nitrogens with zero attached hydrogens (tertiary/aromatic N) is 4. The van der Waals surface area contributed by atoms with Crippen LogP contribution in [0.4, 0.5) is 34.1 Å². The molecule has 0 atom stereocenters.